The molecule has 0 heterocycles. The van der Waals surface area contributed by atoms with Crippen molar-refractivity contribution in [3.05, 3.63) is 0 Å². The van der Waals surface area contributed by atoms with Gasteiger partial charge in [-0.1, -0.05) is 0 Å². The van der Waals surface area contributed by atoms with Gasteiger partial charge in [-0.2, -0.15) is 0 Å². The summed E-state index contributed by atoms with van der Waals surface area (Å²) >= 11 is 0.149. The maximum atomic E-state index is 9.00. The Labute approximate surface area is 103 Å². The van der Waals surface area contributed by atoms with Crippen LogP contribution in [-0.2, 0) is 4.79 Å². The summed E-state index contributed by atoms with van der Waals surface area (Å²) in [4.78, 5) is 9.00. The first kappa shape index (κ1) is 24.4. The number of carbonyl (C=O) groups is 1. The molecule has 0 aliphatic heterocycles. The van der Waals surface area contributed by atoms with E-state index < -0.39 is 5.97 Å². The summed E-state index contributed by atoms with van der Waals surface area (Å²) < 4.78 is 3.25. The SMILES string of the molecule is CC(=O)O.CCC[CH2][Sn][CH2]CCC.O.O. The van der Waals surface area contributed by atoms with Crippen LogP contribution in [0, 0.1) is 0 Å². The quantitative estimate of drug-likeness (QED) is 0.591. The molecule has 0 aromatic carbocycles. The molecule has 0 aliphatic rings. The van der Waals surface area contributed by atoms with Gasteiger partial charge in [0.05, 0.1) is 0 Å². The van der Waals surface area contributed by atoms with E-state index in [2.05, 4.69) is 13.8 Å². The first-order valence-electron chi connectivity index (χ1n) is 5.05. The molecule has 0 bridgehead atoms. The average molecular weight is 329 g/mol. The molecule has 0 amide bonds. The molecule has 0 spiro atoms. The normalized spacial score (nSPS) is 7.67. The van der Waals surface area contributed by atoms with Crippen molar-refractivity contribution in [2.24, 2.45) is 0 Å². The molecule has 4 nitrogen and oxygen atoms in total. The molecule has 2 radical (unpaired) electrons. The van der Waals surface area contributed by atoms with E-state index in [0.29, 0.717) is 0 Å². The molecule has 0 saturated carbocycles. The van der Waals surface area contributed by atoms with Crippen molar-refractivity contribution in [3.63, 3.8) is 0 Å². The van der Waals surface area contributed by atoms with E-state index in [4.69, 9.17) is 9.90 Å². The van der Waals surface area contributed by atoms with Gasteiger partial charge < -0.3 is 16.1 Å². The Morgan fingerprint density at radius 1 is 1.07 bits per heavy atom. The third kappa shape index (κ3) is 55.0. The van der Waals surface area contributed by atoms with Crippen LogP contribution >= 0.6 is 0 Å². The Kier molecular flexibility index (Phi) is 38.7. The van der Waals surface area contributed by atoms with E-state index in [0.717, 1.165) is 6.92 Å². The minimum atomic E-state index is -0.833. The Morgan fingerprint density at radius 3 is 1.53 bits per heavy atom. The first-order chi connectivity index (χ1) is 6.15. The van der Waals surface area contributed by atoms with Gasteiger partial charge in [-0.15, -0.1) is 0 Å². The van der Waals surface area contributed by atoms with E-state index in [-0.39, 0.29) is 32.1 Å². The fraction of sp³-hybridized carbons (Fsp3) is 0.900. The van der Waals surface area contributed by atoms with Crippen LogP contribution in [0.25, 0.3) is 0 Å². The fourth-order valence-corrected chi connectivity index (χ4v) is 4.89. The molecule has 0 aliphatic carbocycles. The van der Waals surface area contributed by atoms with Gasteiger partial charge >= 0.3 is 69.5 Å². The summed E-state index contributed by atoms with van der Waals surface area (Å²) in [6.07, 6.45) is 5.84. The minimum absolute atomic E-state index is 0. The summed E-state index contributed by atoms with van der Waals surface area (Å²) in [7, 11) is 0. The molecule has 94 valence electrons. The van der Waals surface area contributed by atoms with Crippen molar-refractivity contribution in [2.45, 2.75) is 55.3 Å². The van der Waals surface area contributed by atoms with E-state index in [1.807, 2.05) is 0 Å². The van der Waals surface area contributed by atoms with Crippen molar-refractivity contribution >= 4 is 27.1 Å². The molecule has 0 unspecified atom stereocenters. The zero-order chi connectivity index (χ0) is 10.5. The fourth-order valence-electron chi connectivity index (χ4n) is 0.729. The van der Waals surface area contributed by atoms with Gasteiger partial charge in [0.1, 0.15) is 0 Å². The standard InChI is InChI=1S/2C4H9.C2H4O2.2H2O.Sn/c2*1-3-4-2;1-2(3)4;;;/h2*1,3-4H2,2H3;1H3,(H,3,4);2*1H2;. The van der Waals surface area contributed by atoms with Gasteiger partial charge in [0, 0.05) is 6.92 Å². The third-order valence-electron chi connectivity index (χ3n) is 1.41. The van der Waals surface area contributed by atoms with Gasteiger partial charge in [0.15, 0.2) is 0 Å². The van der Waals surface area contributed by atoms with Crippen molar-refractivity contribution in [1.82, 2.24) is 0 Å². The molecule has 15 heavy (non-hydrogen) atoms. The van der Waals surface area contributed by atoms with E-state index in [1.54, 1.807) is 8.87 Å². The van der Waals surface area contributed by atoms with Crippen LogP contribution < -0.4 is 0 Å². The summed E-state index contributed by atoms with van der Waals surface area (Å²) in [5, 5.41) is 7.42. The van der Waals surface area contributed by atoms with Gasteiger partial charge in [0.25, 0.3) is 5.97 Å². The van der Waals surface area contributed by atoms with Gasteiger partial charge in [-0.25, -0.2) is 0 Å². The summed E-state index contributed by atoms with van der Waals surface area (Å²) in [6.45, 7) is 5.67. The summed E-state index contributed by atoms with van der Waals surface area (Å²) in [6, 6.07) is 0. The van der Waals surface area contributed by atoms with Crippen LogP contribution in [0.5, 0.6) is 0 Å². The van der Waals surface area contributed by atoms with Crippen LogP contribution in [-0.4, -0.2) is 43.2 Å². The van der Waals surface area contributed by atoms with Gasteiger partial charge in [0.2, 0.25) is 0 Å². The number of aliphatic carboxylic acids is 1. The largest absolute Gasteiger partial charge is 0.412 e. The van der Waals surface area contributed by atoms with Crippen molar-refractivity contribution in [1.29, 1.82) is 0 Å². The van der Waals surface area contributed by atoms with Gasteiger partial charge in [-0.3, -0.25) is 4.79 Å². The van der Waals surface area contributed by atoms with Crippen LogP contribution in [0.4, 0.5) is 0 Å². The first-order valence-corrected chi connectivity index (χ1v) is 9.09. The molecule has 0 rings (SSSR count). The zero-order valence-corrected chi connectivity index (χ0v) is 13.0. The van der Waals surface area contributed by atoms with Gasteiger partial charge in [-0.05, 0) is 0 Å². The minimum Gasteiger partial charge on any atom is -0.412 e. The Morgan fingerprint density at radius 2 is 1.33 bits per heavy atom. The maximum Gasteiger partial charge on any atom is -0.412 e. The zero-order valence-electron chi connectivity index (χ0n) is 10.1. The van der Waals surface area contributed by atoms with Crippen LogP contribution in [0.3, 0.4) is 0 Å². The monoisotopic (exact) mass is 330 g/mol. The third-order valence-corrected chi connectivity index (χ3v) is 5.45. The smallest absolute Gasteiger partial charge is 0.412 e. The Bertz CT molecular complexity index is 99.6. The predicted octanol–water partition coefficient (Wildman–Crippen LogP) is 1.57. The van der Waals surface area contributed by atoms with Crippen LogP contribution in [0.15, 0.2) is 0 Å². The molecule has 0 aromatic rings. The molecule has 5 N–H and O–H groups in total. The number of carboxylic acid groups (broad SMARTS) is 1. The van der Waals surface area contributed by atoms with Crippen LogP contribution in [0.2, 0.25) is 8.87 Å². The summed E-state index contributed by atoms with van der Waals surface area (Å²) in [5.41, 5.74) is 0. The maximum absolute atomic E-state index is 9.00. The number of unbranched alkanes of at least 4 members (excludes halogenated alkanes) is 2. The van der Waals surface area contributed by atoms with Crippen LogP contribution in [0.1, 0.15) is 46.5 Å². The predicted molar refractivity (Wildman–Crippen MR) is 65.7 cm³/mol. The number of rotatable bonds is 6. The van der Waals surface area contributed by atoms with E-state index in [1.165, 1.54) is 25.7 Å². The Hall–Kier alpha value is 0.189. The summed E-state index contributed by atoms with van der Waals surface area (Å²) in [5.74, 6) is -0.833. The molecular formula is C10H26O4Sn. The van der Waals surface area contributed by atoms with Crippen molar-refractivity contribution in [2.75, 3.05) is 0 Å². The van der Waals surface area contributed by atoms with E-state index >= 15 is 0 Å². The number of hydrogen-bond donors (Lipinski definition) is 1. The second kappa shape index (κ2) is 23.8. The second-order valence-electron chi connectivity index (χ2n) is 2.98. The number of hydrogen-bond acceptors (Lipinski definition) is 1. The second-order valence-corrected chi connectivity index (χ2v) is 7.26. The molecule has 0 aromatic heterocycles. The van der Waals surface area contributed by atoms with Crippen molar-refractivity contribution in [3.8, 4) is 0 Å². The number of carboxylic acids is 1. The average Bonchev–Trinajstić information content (AvgIpc) is 2.03. The van der Waals surface area contributed by atoms with Crippen molar-refractivity contribution < 1.29 is 20.9 Å². The molecule has 5 heteroatoms. The molecule has 0 saturated heterocycles. The van der Waals surface area contributed by atoms with E-state index in [9.17, 15) is 0 Å². The molecule has 0 fully saturated rings. The Balaban J connectivity index is -0.0000000883. The topological polar surface area (TPSA) is 100 Å². The molecule has 0 atom stereocenters. The molecular weight excluding hydrogens is 303 g/mol.